The molecule has 3 heteroatoms. The van der Waals surface area contributed by atoms with Crippen molar-refractivity contribution in [1.82, 2.24) is 4.90 Å². The Morgan fingerprint density at radius 3 is 2.60 bits per heavy atom. The summed E-state index contributed by atoms with van der Waals surface area (Å²) in [5, 5.41) is 9.37. The summed E-state index contributed by atoms with van der Waals surface area (Å²) in [6.07, 6.45) is 6.64. The number of carbonyl (C=O) groups is 1. The van der Waals surface area contributed by atoms with E-state index in [1.807, 2.05) is 0 Å². The SMILES string of the molecule is C=CC(=O)N(CC(C)O)C1CCCCC1. The van der Waals surface area contributed by atoms with Gasteiger partial charge in [0.1, 0.15) is 0 Å². The highest BCUT2D eigenvalue weighted by molar-refractivity contribution is 5.87. The molecule has 1 aliphatic rings. The van der Waals surface area contributed by atoms with Crippen LogP contribution in [0.2, 0.25) is 0 Å². The molecule has 15 heavy (non-hydrogen) atoms. The van der Waals surface area contributed by atoms with E-state index in [0.29, 0.717) is 12.6 Å². The van der Waals surface area contributed by atoms with Gasteiger partial charge in [-0.25, -0.2) is 0 Å². The molecule has 1 N–H and O–H groups in total. The maximum Gasteiger partial charge on any atom is 0.246 e. The number of rotatable bonds is 4. The zero-order valence-corrected chi connectivity index (χ0v) is 9.48. The highest BCUT2D eigenvalue weighted by atomic mass is 16.3. The molecule has 0 aromatic rings. The van der Waals surface area contributed by atoms with Gasteiger partial charge in [-0.15, -0.1) is 0 Å². The molecule has 1 saturated carbocycles. The lowest BCUT2D eigenvalue weighted by Gasteiger charge is -2.34. The number of hydrogen-bond acceptors (Lipinski definition) is 2. The number of aliphatic hydroxyl groups excluding tert-OH is 1. The monoisotopic (exact) mass is 211 g/mol. The van der Waals surface area contributed by atoms with Crippen molar-refractivity contribution in [2.75, 3.05) is 6.54 Å². The second kappa shape index (κ2) is 5.91. The Bertz CT molecular complexity index is 220. The van der Waals surface area contributed by atoms with Crippen molar-refractivity contribution in [1.29, 1.82) is 0 Å². The third kappa shape index (κ3) is 3.67. The van der Waals surface area contributed by atoms with E-state index in [9.17, 15) is 9.90 Å². The molecule has 1 rings (SSSR count). The Kier molecular flexibility index (Phi) is 4.82. The normalized spacial score (nSPS) is 19.6. The van der Waals surface area contributed by atoms with Crippen LogP contribution in [0.4, 0.5) is 0 Å². The third-order valence-corrected chi connectivity index (χ3v) is 2.93. The quantitative estimate of drug-likeness (QED) is 0.719. The van der Waals surface area contributed by atoms with Crippen LogP contribution in [0.5, 0.6) is 0 Å². The summed E-state index contributed by atoms with van der Waals surface area (Å²) in [5.41, 5.74) is 0. The lowest BCUT2D eigenvalue weighted by molar-refractivity contribution is -0.130. The topological polar surface area (TPSA) is 40.5 Å². The van der Waals surface area contributed by atoms with E-state index in [1.165, 1.54) is 25.3 Å². The van der Waals surface area contributed by atoms with Gasteiger partial charge in [0.05, 0.1) is 6.10 Å². The van der Waals surface area contributed by atoms with Crippen LogP contribution in [0.25, 0.3) is 0 Å². The number of amides is 1. The van der Waals surface area contributed by atoms with E-state index in [-0.39, 0.29) is 5.91 Å². The molecule has 0 spiro atoms. The van der Waals surface area contributed by atoms with Crippen molar-refractivity contribution < 1.29 is 9.90 Å². The summed E-state index contributed by atoms with van der Waals surface area (Å²) in [6, 6.07) is 0.304. The number of aliphatic hydroxyl groups is 1. The van der Waals surface area contributed by atoms with Crippen LogP contribution < -0.4 is 0 Å². The predicted molar refractivity (Wildman–Crippen MR) is 60.5 cm³/mol. The van der Waals surface area contributed by atoms with Crippen molar-refractivity contribution in [2.24, 2.45) is 0 Å². The van der Waals surface area contributed by atoms with E-state index in [4.69, 9.17) is 0 Å². The first-order valence-corrected chi connectivity index (χ1v) is 5.76. The van der Waals surface area contributed by atoms with Crippen LogP contribution in [0.1, 0.15) is 39.0 Å². The first kappa shape index (κ1) is 12.2. The van der Waals surface area contributed by atoms with Gasteiger partial charge in [-0.05, 0) is 25.8 Å². The van der Waals surface area contributed by atoms with Crippen LogP contribution >= 0.6 is 0 Å². The molecule has 0 aliphatic heterocycles. The zero-order valence-electron chi connectivity index (χ0n) is 9.48. The molecule has 3 nitrogen and oxygen atoms in total. The summed E-state index contributed by atoms with van der Waals surface area (Å²) in [7, 11) is 0. The van der Waals surface area contributed by atoms with Crippen molar-refractivity contribution in [3.8, 4) is 0 Å². The van der Waals surface area contributed by atoms with E-state index in [1.54, 1.807) is 11.8 Å². The number of nitrogens with zero attached hydrogens (tertiary/aromatic N) is 1. The average molecular weight is 211 g/mol. The predicted octanol–water partition coefficient (Wildman–Crippen LogP) is 1.71. The molecule has 0 heterocycles. The molecule has 86 valence electrons. The van der Waals surface area contributed by atoms with Crippen molar-refractivity contribution in [3.05, 3.63) is 12.7 Å². The van der Waals surface area contributed by atoms with Crippen molar-refractivity contribution in [3.63, 3.8) is 0 Å². The van der Waals surface area contributed by atoms with E-state index >= 15 is 0 Å². The lowest BCUT2D eigenvalue weighted by Crippen LogP contribution is -2.44. The van der Waals surface area contributed by atoms with E-state index in [2.05, 4.69) is 6.58 Å². The Labute approximate surface area is 91.8 Å². The first-order valence-electron chi connectivity index (χ1n) is 5.76. The number of hydrogen-bond donors (Lipinski definition) is 1. The summed E-state index contributed by atoms with van der Waals surface area (Å²) in [4.78, 5) is 13.4. The van der Waals surface area contributed by atoms with Gasteiger partial charge >= 0.3 is 0 Å². The fraction of sp³-hybridized carbons (Fsp3) is 0.750. The van der Waals surface area contributed by atoms with Crippen molar-refractivity contribution >= 4 is 5.91 Å². The highest BCUT2D eigenvalue weighted by Crippen LogP contribution is 2.23. The third-order valence-electron chi connectivity index (χ3n) is 2.93. The van der Waals surface area contributed by atoms with Gasteiger partial charge in [0.25, 0.3) is 0 Å². The first-order chi connectivity index (χ1) is 7.15. The maximum absolute atomic E-state index is 11.6. The van der Waals surface area contributed by atoms with Crippen LogP contribution in [0.3, 0.4) is 0 Å². The van der Waals surface area contributed by atoms with Crippen molar-refractivity contribution in [2.45, 2.75) is 51.2 Å². The van der Waals surface area contributed by atoms with E-state index < -0.39 is 6.10 Å². The Balaban J connectivity index is 2.60. The molecule has 1 unspecified atom stereocenters. The van der Waals surface area contributed by atoms with Gasteiger partial charge in [0.2, 0.25) is 5.91 Å². The van der Waals surface area contributed by atoms with E-state index in [0.717, 1.165) is 12.8 Å². The number of carbonyl (C=O) groups excluding carboxylic acids is 1. The molecule has 1 atom stereocenters. The Hall–Kier alpha value is -0.830. The molecular formula is C12H21NO2. The summed E-state index contributed by atoms with van der Waals surface area (Å²) >= 11 is 0. The molecule has 0 saturated heterocycles. The molecule has 0 radical (unpaired) electrons. The van der Waals surface area contributed by atoms with Crippen LogP contribution in [0.15, 0.2) is 12.7 Å². The molecule has 0 aromatic heterocycles. The highest BCUT2D eigenvalue weighted by Gasteiger charge is 2.24. The van der Waals surface area contributed by atoms with Crippen LogP contribution in [-0.2, 0) is 4.79 Å². The standard InChI is InChI=1S/C12H21NO2/c1-3-12(15)13(9-10(2)14)11-7-5-4-6-8-11/h3,10-11,14H,1,4-9H2,2H3. The minimum Gasteiger partial charge on any atom is -0.392 e. The summed E-state index contributed by atoms with van der Waals surface area (Å²) in [5.74, 6) is -0.0530. The molecule has 1 amide bonds. The lowest BCUT2D eigenvalue weighted by atomic mass is 9.94. The van der Waals surface area contributed by atoms with Crippen LogP contribution in [-0.4, -0.2) is 34.6 Å². The molecular weight excluding hydrogens is 190 g/mol. The van der Waals surface area contributed by atoms with Gasteiger partial charge in [-0.3, -0.25) is 4.79 Å². The zero-order chi connectivity index (χ0) is 11.3. The van der Waals surface area contributed by atoms with Gasteiger partial charge in [0, 0.05) is 12.6 Å². The molecule has 0 aromatic carbocycles. The fourth-order valence-electron chi connectivity index (χ4n) is 2.21. The largest absolute Gasteiger partial charge is 0.392 e. The minimum absolute atomic E-state index is 0.0530. The van der Waals surface area contributed by atoms with Gasteiger partial charge in [0.15, 0.2) is 0 Å². The smallest absolute Gasteiger partial charge is 0.246 e. The second-order valence-corrected chi connectivity index (χ2v) is 4.34. The van der Waals surface area contributed by atoms with Gasteiger partial charge < -0.3 is 10.0 Å². The molecule has 1 fully saturated rings. The Morgan fingerprint density at radius 2 is 2.13 bits per heavy atom. The Morgan fingerprint density at radius 1 is 1.53 bits per heavy atom. The summed E-state index contributed by atoms with van der Waals surface area (Å²) < 4.78 is 0. The average Bonchev–Trinajstić information content (AvgIpc) is 2.26. The molecule has 1 aliphatic carbocycles. The molecule has 0 bridgehead atoms. The van der Waals surface area contributed by atoms with Gasteiger partial charge in [-0.1, -0.05) is 25.8 Å². The maximum atomic E-state index is 11.6. The van der Waals surface area contributed by atoms with Crippen LogP contribution in [0, 0.1) is 0 Å². The summed E-state index contributed by atoms with van der Waals surface area (Å²) in [6.45, 7) is 5.65. The fourth-order valence-corrected chi connectivity index (χ4v) is 2.21. The minimum atomic E-state index is -0.462. The van der Waals surface area contributed by atoms with Gasteiger partial charge in [-0.2, -0.15) is 0 Å². The second-order valence-electron chi connectivity index (χ2n) is 4.34.